The van der Waals surface area contributed by atoms with Crippen molar-refractivity contribution in [1.29, 1.82) is 0 Å². The Bertz CT molecular complexity index is 478. The molecule has 1 N–H and O–H groups in total. The molecule has 1 aliphatic rings. The number of alkyl halides is 2. The second kappa shape index (κ2) is 5.38. The molecule has 1 aliphatic carbocycles. The summed E-state index contributed by atoms with van der Waals surface area (Å²) in [7, 11) is 0. The van der Waals surface area contributed by atoms with Gasteiger partial charge >= 0.3 is 6.03 Å². The smallest absolute Gasteiger partial charge is 0.323 e. The van der Waals surface area contributed by atoms with E-state index < -0.39 is 19.0 Å². The lowest BCUT2D eigenvalue weighted by atomic mass is 9.93. The number of aromatic nitrogens is 1. The second-order valence-electron chi connectivity index (χ2n) is 6.03. The molecule has 5 nitrogen and oxygen atoms in total. The quantitative estimate of drug-likeness (QED) is 0.925. The summed E-state index contributed by atoms with van der Waals surface area (Å²) in [6, 6.07) is 0.977. The van der Waals surface area contributed by atoms with Gasteiger partial charge in [0.1, 0.15) is 5.76 Å². The summed E-state index contributed by atoms with van der Waals surface area (Å²) >= 11 is 0. The third-order valence-electron chi connectivity index (χ3n) is 3.07. The number of anilines is 1. The van der Waals surface area contributed by atoms with Crippen molar-refractivity contribution in [1.82, 2.24) is 10.1 Å². The summed E-state index contributed by atoms with van der Waals surface area (Å²) in [6.45, 7) is 5.30. The lowest BCUT2D eigenvalue weighted by molar-refractivity contribution is 0.0994. The summed E-state index contributed by atoms with van der Waals surface area (Å²) in [5.41, 5.74) is -0.227. The fourth-order valence-electron chi connectivity index (χ4n) is 1.80. The maximum absolute atomic E-state index is 12.5. The van der Waals surface area contributed by atoms with Gasteiger partial charge in [-0.25, -0.2) is 13.6 Å². The maximum atomic E-state index is 12.5. The number of hydrogen-bond acceptors (Lipinski definition) is 3. The molecular formula is C13H19F2N3O2. The first-order valence-corrected chi connectivity index (χ1v) is 6.60. The first kappa shape index (κ1) is 14.7. The Kier molecular flexibility index (Phi) is 3.96. The van der Waals surface area contributed by atoms with Gasteiger partial charge in [0, 0.05) is 17.5 Å². The minimum atomic E-state index is -2.54. The van der Waals surface area contributed by atoms with Gasteiger partial charge in [0.15, 0.2) is 5.82 Å². The predicted octanol–water partition coefficient (Wildman–Crippen LogP) is 3.23. The standard InChI is InChI=1S/C13H19F2N3O2/c1-13(2,3)9-6-11(17-20-9)16-12(19)18(7-10(14)15)8-4-5-8/h6,8,10H,4-5,7H2,1-3H3,(H,16,17,19). The summed E-state index contributed by atoms with van der Waals surface area (Å²) in [6.07, 6.45) is -0.998. The number of nitrogens with zero attached hydrogens (tertiary/aromatic N) is 2. The molecule has 0 bridgehead atoms. The number of carbonyl (C=O) groups excluding carboxylic acids is 1. The van der Waals surface area contributed by atoms with Gasteiger partial charge in [-0.05, 0) is 12.8 Å². The SMILES string of the molecule is CC(C)(C)c1cc(NC(=O)N(CC(F)F)C2CC2)no1. The lowest BCUT2D eigenvalue weighted by Crippen LogP contribution is -2.40. The van der Waals surface area contributed by atoms with E-state index in [1.807, 2.05) is 20.8 Å². The lowest BCUT2D eigenvalue weighted by Gasteiger charge is -2.21. The molecule has 0 aliphatic heterocycles. The van der Waals surface area contributed by atoms with Gasteiger partial charge in [0.05, 0.1) is 6.54 Å². The van der Waals surface area contributed by atoms with Crippen molar-refractivity contribution in [3.8, 4) is 0 Å². The van der Waals surface area contributed by atoms with Crippen molar-refractivity contribution < 1.29 is 18.1 Å². The van der Waals surface area contributed by atoms with Crippen LogP contribution in [-0.4, -0.2) is 35.1 Å². The van der Waals surface area contributed by atoms with Crippen LogP contribution in [0, 0.1) is 0 Å². The molecule has 0 unspecified atom stereocenters. The molecule has 0 radical (unpaired) electrons. The Morgan fingerprint density at radius 1 is 1.55 bits per heavy atom. The highest BCUT2D eigenvalue weighted by atomic mass is 19.3. The Hall–Kier alpha value is -1.66. The van der Waals surface area contributed by atoms with E-state index in [-0.39, 0.29) is 17.3 Å². The van der Waals surface area contributed by atoms with Gasteiger partial charge in [0.25, 0.3) is 6.43 Å². The molecular weight excluding hydrogens is 268 g/mol. The third-order valence-corrected chi connectivity index (χ3v) is 3.07. The number of amides is 2. The van der Waals surface area contributed by atoms with Crippen LogP contribution in [-0.2, 0) is 5.41 Å². The van der Waals surface area contributed by atoms with Crippen molar-refractivity contribution in [3.63, 3.8) is 0 Å². The summed E-state index contributed by atoms with van der Waals surface area (Å²) in [5, 5.41) is 6.25. The highest BCUT2D eigenvalue weighted by molar-refractivity contribution is 5.88. The Labute approximate surface area is 116 Å². The van der Waals surface area contributed by atoms with E-state index in [0.29, 0.717) is 5.76 Å². The van der Waals surface area contributed by atoms with Crippen LogP contribution in [0.2, 0.25) is 0 Å². The molecule has 1 fully saturated rings. The van der Waals surface area contributed by atoms with Gasteiger partial charge in [0.2, 0.25) is 0 Å². The van der Waals surface area contributed by atoms with Gasteiger partial charge in [-0.2, -0.15) is 0 Å². The van der Waals surface area contributed by atoms with E-state index in [1.54, 1.807) is 6.07 Å². The van der Waals surface area contributed by atoms with Crippen LogP contribution in [0.3, 0.4) is 0 Å². The predicted molar refractivity (Wildman–Crippen MR) is 70.0 cm³/mol. The van der Waals surface area contributed by atoms with Crippen molar-refractivity contribution >= 4 is 11.8 Å². The summed E-state index contributed by atoms with van der Waals surface area (Å²) < 4.78 is 30.1. The fraction of sp³-hybridized carbons (Fsp3) is 0.692. The largest absolute Gasteiger partial charge is 0.359 e. The van der Waals surface area contributed by atoms with Crippen molar-refractivity contribution in [2.24, 2.45) is 0 Å². The van der Waals surface area contributed by atoms with E-state index in [2.05, 4.69) is 10.5 Å². The molecule has 1 saturated carbocycles. The van der Waals surface area contributed by atoms with E-state index >= 15 is 0 Å². The zero-order valence-corrected chi connectivity index (χ0v) is 11.8. The molecule has 2 rings (SSSR count). The second-order valence-corrected chi connectivity index (χ2v) is 6.03. The van der Waals surface area contributed by atoms with Crippen molar-refractivity contribution in [2.45, 2.75) is 51.5 Å². The number of carbonyl (C=O) groups is 1. The van der Waals surface area contributed by atoms with Crippen molar-refractivity contribution in [2.75, 3.05) is 11.9 Å². The number of halogens is 2. The van der Waals surface area contributed by atoms with E-state index in [1.165, 1.54) is 0 Å². The highest BCUT2D eigenvalue weighted by Crippen LogP contribution is 2.29. The molecule has 0 atom stereocenters. The van der Waals surface area contributed by atoms with Crippen LogP contribution in [0.25, 0.3) is 0 Å². The molecule has 0 aromatic carbocycles. The van der Waals surface area contributed by atoms with Crippen LogP contribution in [0.1, 0.15) is 39.4 Å². The third kappa shape index (κ3) is 3.68. The summed E-state index contributed by atoms with van der Waals surface area (Å²) in [4.78, 5) is 13.2. The molecule has 1 aromatic heterocycles. The van der Waals surface area contributed by atoms with Crippen LogP contribution >= 0.6 is 0 Å². The topological polar surface area (TPSA) is 58.4 Å². The molecule has 1 aromatic rings. The van der Waals surface area contributed by atoms with Crippen molar-refractivity contribution in [3.05, 3.63) is 11.8 Å². The first-order valence-electron chi connectivity index (χ1n) is 6.60. The Morgan fingerprint density at radius 2 is 2.20 bits per heavy atom. The molecule has 7 heteroatoms. The van der Waals surface area contributed by atoms with Crippen LogP contribution in [0.5, 0.6) is 0 Å². The Balaban J connectivity index is 2.01. The fourth-order valence-corrected chi connectivity index (χ4v) is 1.80. The minimum absolute atomic E-state index is 0.0852. The van der Waals surface area contributed by atoms with E-state index in [9.17, 15) is 13.6 Å². The van der Waals surface area contributed by atoms with Crippen LogP contribution < -0.4 is 5.32 Å². The number of urea groups is 1. The Morgan fingerprint density at radius 3 is 2.65 bits per heavy atom. The molecule has 112 valence electrons. The molecule has 1 heterocycles. The number of nitrogens with one attached hydrogen (secondary N) is 1. The zero-order valence-electron chi connectivity index (χ0n) is 11.8. The first-order chi connectivity index (χ1) is 9.27. The van der Waals surface area contributed by atoms with E-state index in [0.717, 1.165) is 17.7 Å². The van der Waals surface area contributed by atoms with Gasteiger partial charge in [-0.3, -0.25) is 5.32 Å². The molecule has 20 heavy (non-hydrogen) atoms. The van der Waals surface area contributed by atoms with Gasteiger partial charge < -0.3 is 9.42 Å². The molecule has 2 amide bonds. The summed E-state index contributed by atoms with van der Waals surface area (Å²) in [5.74, 6) is 0.875. The number of rotatable bonds is 4. The van der Waals surface area contributed by atoms with Gasteiger partial charge in [-0.1, -0.05) is 25.9 Å². The average molecular weight is 287 g/mol. The van der Waals surface area contributed by atoms with Crippen LogP contribution in [0.15, 0.2) is 10.6 Å². The van der Waals surface area contributed by atoms with Crippen LogP contribution in [0.4, 0.5) is 19.4 Å². The maximum Gasteiger partial charge on any atom is 0.323 e. The monoisotopic (exact) mass is 287 g/mol. The van der Waals surface area contributed by atoms with Gasteiger partial charge in [-0.15, -0.1) is 0 Å². The highest BCUT2D eigenvalue weighted by Gasteiger charge is 2.34. The van der Waals surface area contributed by atoms with E-state index in [4.69, 9.17) is 4.52 Å². The average Bonchev–Trinajstić information content (AvgIpc) is 3.04. The number of hydrogen-bond donors (Lipinski definition) is 1. The molecule has 0 saturated heterocycles. The minimum Gasteiger partial charge on any atom is -0.359 e. The zero-order chi connectivity index (χ0) is 14.9. The molecule has 0 spiro atoms. The normalized spacial score (nSPS) is 15.5.